The van der Waals surface area contributed by atoms with E-state index in [2.05, 4.69) is 0 Å². The molecule has 0 aliphatic heterocycles. The van der Waals surface area contributed by atoms with E-state index in [1.807, 2.05) is 0 Å². The number of carbonyl (C=O) groups is 2. The molecule has 0 atom stereocenters. The number of ketones is 1. The molecule has 68 valence electrons. The molecule has 13 heavy (non-hydrogen) atoms. The molecular formula is C9H8O3S. The summed E-state index contributed by atoms with van der Waals surface area (Å²) in [7, 11) is 0. The van der Waals surface area contributed by atoms with Gasteiger partial charge in [-0.15, -0.1) is 11.3 Å². The average Bonchev–Trinajstić information content (AvgIpc) is 2.81. The number of hydrogen-bond acceptors (Lipinski definition) is 3. The van der Waals surface area contributed by atoms with Gasteiger partial charge in [-0.25, -0.2) is 4.79 Å². The molecule has 1 aliphatic carbocycles. The van der Waals surface area contributed by atoms with Crippen LogP contribution < -0.4 is 0 Å². The Balaban J connectivity index is 2.21. The van der Waals surface area contributed by atoms with E-state index in [0.29, 0.717) is 5.56 Å². The fourth-order valence-electron chi connectivity index (χ4n) is 1.16. The molecule has 0 saturated heterocycles. The summed E-state index contributed by atoms with van der Waals surface area (Å²) in [6.07, 6.45) is 1.91. The molecule has 1 aromatic heterocycles. The lowest BCUT2D eigenvalue weighted by Gasteiger charge is -1.90. The van der Waals surface area contributed by atoms with Crippen molar-refractivity contribution in [3.8, 4) is 0 Å². The van der Waals surface area contributed by atoms with Crippen LogP contribution in [-0.4, -0.2) is 16.9 Å². The highest BCUT2D eigenvalue weighted by Crippen LogP contribution is 2.33. The van der Waals surface area contributed by atoms with Crippen molar-refractivity contribution in [3.63, 3.8) is 0 Å². The molecule has 0 bridgehead atoms. The summed E-state index contributed by atoms with van der Waals surface area (Å²) in [5, 5.41) is 10.3. The van der Waals surface area contributed by atoms with Crippen LogP contribution in [0.3, 0.4) is 0 Å². The maximum absolute atomic E-state index is 11.5. The smallest absolute Gasteiger partial charge is 0.345 e. The van der Waals surface area contributed by atoms with Crippen LogP contribution >= 0.6 is 11.3 Å². The molecule has 0 aromatic carbocycles. The van der Waals surface area contributed by atoms with E-state index in [0.717, 1.165) is 24.2 Å². The highest BCUT2D eigenvalue weighted by Gasteiger charge is 2.31. The molecule has 4 heteroatoms. The zero-order valence-electron chi connectivity index (χ0n) is 6.82. The fourth-order valence-corrected chi connectivity index (χ4v) is 1.89. The van der Waals surface area contributed by atoms with Gasteiger partial charge in [0.1, 0.15) is 4.88 Å². The number of thiophene rings is 1. The van der Waals surface area contributed by atoms with Crippen molar-refractivity contribution in [2.75, 3.05) is 0 Å². The first kappa shape index (κ1) is 8.44. The molecular weight excluding hydrogens is 188 g/mol. The van der Waals surface area contributed by atoms with E-state index in [9.17, 15) is 9.59 Å². The number of carboxylic acids is 1. The van der Waals surface area contributed by atoms with E-state index in [1.54, 1.807) is 5.38 Å². The number of aromatic carboxylic acids is 1. The second kappa shape index (κ2) is 2.96. The Morgan fingerprint density at radius 3 is 2.62 bits per heavy atom. The van der Waals surface area contributed by atoms with Gasteiger partial charge in [-0.3, -0.25) is 4.79 Å². The summed E-state index contributed by atoms with van der Waals surface area (Å²) in [5.41, 5.74) is 0.560. The van der Waals surface area contributed by atoms with Crippen molar-refractivity contribution in [3.05, 3.63) is 21.9 Å². The number of rotatable bonds is 3. The number of hydrogen-bond donors (Lipinski definition) is 1. The van der Waals surface area contributed by atoms with Crippen LogP contribution in [0.15, 0.2) is 11.4 Å². The van der Waals surface area contributed by atoms with E-state index in [1.165, 1.54) is 6.07 Å². The molecule has 3 nitrogen and oxygen atoms in total. The molecule has 1 saturated carbocycles. The number of carbonyl (C=O) groups excluding carboxylic acids is 1. The third kappa shape index (κ3) is 1.62. The number of carboxylic acid groups (broad SMARTS) is 1. The highest BCUT2D eigenvalue weighted by molar-refractivity contribution is 7.12. The topological polar surface area (TPSA) is 54.4 Å². The normalized spacial score (nSPS) is 15.7. The Bertz CT molecular complexity index is 363. The minimum Gasteiger partial charge on any atom is -0.477 e. The Labute approximate surface area is 79.0 Å². The Hall–Kier alpha value is -1.16. The van der Waals surface area contributed by atoms with Crippen LogP contribution in [0.1, 0.15) is 32.9 Å². The summed E-state index contributed by atoms with van der Waals surface area (Å²) in [5.74, 6) is -0.695. The van der Waals surface area contributed by atoms with E-state index in [4.69, 9.17) is 5.11 Å². The van der Waals surface area contributed by atoms with Gasteiger partial charge in [0.05, 0.1) is 0 Å². The van der Waals surface area contributed by atoms with Crippen LogP contribution in [-0.2, 0) is 0 Å². The van der Waals surface area contributed by atoms with Gasteiger partial charge in [0.25, 0.3) is 0 Å². The summed E-state index contributed by atoms with van der Waals surface area (Å²) >= 11 is 1.11. The minimum atomic E-state index is -0.958. The van der Waals surface area contributed by atoms with Gasteiger partial charge in [0.2, 0.25) is 0 Å². The molecule has 1 aromatic rings. The SMILES string of the molecule is O=C(O)c1cc(C(=O)C2CC2)cs1. The van der Waals surface area contributed by atoms with Crippen molar-refractivity contribution in [2.45, 2.75) is 12.8 Å². The van der Waals surface area contributed by atoms with Crippen LogP contribution in [0.4, 0.5) is 0 Å². The molecule has 1 aliphatic rings. The molecule has 0 amide bonds. The maximum atomic E-state index is 11.5. The third-order valence-corrected chi connectivity index (χ3v) is 2.96. The molecule has 1 fully saturated rings. The highest BCUT2D eigenvalue weighted by atomic mass is 32.1. The summed E-state index contributed by atoms with van der Waals surface area (Å²) < 4.78 is 0. The van der Waals surface area contributed by atoms with Crippen LogP contribution in [0.2, 0.25) is 0 Å². The monoisotopic (exact) mass is 196 g/mol. The third-order valence-electron chi connectivity index (χ3n) is 2.04. The van der Waals surface area contributed by atoms with E-state index < -0.39 is 5.97 Å². The predicted octanol–water partition coefficient (Wildman–Crippen LogP) is 2.04. The van der Waals surface area contributed by atoms with Crippen molar-refractivity contribution in [1.82, 2.24) is 0 Å². The molecule has 0 radical (unpaired) electrons. The van der Waals surface area contributed by atoms with E-state index in [-0.39, 0.29) is 16.6 Å². The second-order valence-corrected chi connectivity index (χ2v) is 4.05. The van der Waals surface area contributed by atoms with Crippen molar-refractivity contribution >= 4 is 23.1 Å². The zero-order chi connectivity index (χ0) is 9.42. The quantitative estimate of drug-likeness (QED) is 0.752. The fraction of sp³-hybridized carbons (Fsp3) is 0.333. The zero-order valence-corrected chi connectivity index (χ0v) is 7.63. The number of Topliss-reactive ketones (excluding diaryl/α,β-unsaturated/α-hetero) is 1. The minimum absolute atomic E-state index is 0.101. The molecule has 0 unspecified atom stereocenters. The molecule has 2 rings (SSSR count). The van der Waals surface area contributed by atoms with Crippen molar-refractivity contribution in [1.29, 1.82) is 0 Å². The Kier molecular flexibility index (Phi) is 1.92. The molecule has 1 N–H and O–H groups in total. The first-order valence-corrected chi connectivity index (χ1v) is 4.92. The van der Waals surface area contributed by atoms with Crippen LogP contribution in [0, 0.1) is 5.92 Å². The van der Waals surface area contributed by atoms with Crippen molar-refractivity contribution in [2.24, 2.45) is 5.92 Å². The second-order valence-electron chi connectivity index (χ2n) is 3.14. The lowest BCUT2D eigenvalue weighted by molar-refractivity contribution is 0.0702. The first-order valence-electron chi connectivity index (χ1n) is 4.04. The standard InChI is InChI=1S/C9H8O3S/c10-8(5-1-2-5)6-3-7(9(11)12)13-4-6/h3-5H,1-2H2,(H,11,12). The first-order chi connectivity index (χ1) is 6.18. The van der Waals surface area contributed by atoms with Gasteiger partial charge < -0.3 is 5.11 Å². The molecule has 1 heterocycles. The van der Waals surface area contributed by atoms with Gasteiger partial charge in [-0.1, -0.05) is 0 Å². The van der Waals surface area contributed by atoms with Gasteiger partial charge in [0.15, 0.2) is 5.78 Å². The largest absolute Gasteiger partial charge is 0.477 e. The van der Waals surface area contributed by atoms with E-state index >= 15 is 0 Å². The average molecular weight is 196 g/mol. The Morgan fingerprint density at radius 2 is 2.15 bits per heavy atom. The van der Waals surface area contributed by atoms with Gasteiger partial charge >= 0.3 is 5.97 Å². The lowest BCUT2D eigenvalue weighted by Crippen LogP contribution is -1.99. The van der Waals surface area contributed by atoms with Crippen LogP contribution in [0.25, 0.3) is 0 Å². The van der Waals surface area contributed by atoms with Gasteiger partial charge in [0, 0.05) is 16.9 Å². The molecule has 0 spiro atoms. The maximum Gasteiger partial charge on any atom is 0.345 e. The summed E-state index contributed by atoms with van der Waals surface area (Å²) in [4.78, 5) is 22.2. The van der Waals surface area contributed by atoms with Gasteiger partial charge in [-0.05, 0) is 18.9 Å². The van der Waals surface area contributed by atoms with Crippen molar-refractivity contribution < 1.29 is 14.7 Å². The lowest BCUT2D eigenvalue weighted by atomic mass is 10.1. The summed E-state index contributed by atoms with van der Waals surface area (Å²) in [6.45, 7) is 0. The predicted molar refractivity (Wildman–Crippen MR) is 48.3 cm³/mol. The van der Waals surface area contributed by atoms with Gasteiger partial charge in [-0.2, -0.15) is 0 Å². The van der Waals surface area contributed by atoms with Crippen LogP contribution in [0.5, 0.6) is 0 Å². The summed E-state index contributed by atoms with van der Waals surface area (Å²) in [6, 6.07) is 1.47. The Morgan fingerprint density at radius 1 is 1.46 bits per heavy atom.